The second-order valence-electron chi connectivity index (χ2n) is 3.53. The van der Waals surface area contributed by atoms with Gasteiger partial charge < -0.3 is 10.2 Å². The van der Waals surface area contributed by atoms with Crippen molar-refractivity contribution in [2.24, 2.45) is 5.73 Å². The van der Waals surface area contributed by atoms with Gasteiger partial charge >= 0.3 is 0 Å². The Bertz CT molecular complexity index is 231. The van der Waals surface area contributed by atoms with E-state index in [0.29, 0.717) is 12.6 Å². The number of likely N-dealkylation sites (N-methyl/N-ethyl adjacent to an activating group) is 1. The average molecular weight is 182 g/mol. The van der Waals surface area contributed by atoms with Crippen LogP contribution in [0.15, 0.2) is 22.8 Å². The lowest BCUT2D eigenvalue weighted by Gasteiger charge is -2.28. The van der Waals surface area contributed by atoms with Crippen LogP contribution in [0.5, 0.6) is 0 Å². The number of hydrogen-bond acceptors (Lipinski definition) is 3. The molecular formula is C10H18N2O. The van der Waals surface area contributed by atoms with Crippen molar-refractivity contribution in [3.05, 3.63) is 24.2 Å². The van der Waals surface area contributed by atoms with Crippen molar-refractivity contribution in [3.8, 4) is 0 Å². The van der Waals surface area contributed by atoms with Crippen LogP contribution in [0, 0.1) is 0 Å². The molecule has 1 rings (SSSR count). The first-order chi connectivity index (χ1) is 6.16. The molecule has 1 aromatic heterocycles. The summed E-state index contributed by atoms with van der Waals surface area (Å²) in [6.07, 6.45) is 1.69. The van der Waals surface area contributed by atoms with Crippen molar-refractivity contribution in [3.63, 3.8) is 0 Å². The molecule has 0 fully saturated rings. The third-order valence-corrected chi connectivity index (χ3v) is 2.40. The molecule has 13 heavy (non-hydrogen) atoms. The third kappa shape index (κ3) is 2.32. The minimum Gasteiger partial charge on any atom is -0.468 e. The zero-order valence-electron chi connectivity index (χ0n) is 8.53. The van der Waals surface area contributed by atoms with Gasteiger partial charge in [0.25, 0.3) is 0 Å². The summed E-state index contributed by atoms with van der Waals surface area (Å²) >= 11 is 0. The molecule has 3 heteroatoms. The van der Waals surface area contributed by atoms with E-state index >= 15 is 0 Å². The summed E-state index contributed by atoms with van der Waals surface area (Å²) in [5, 5.41) is 0. The SMILES string of the molecule is CC(C)N(C)C(CN)c1ccco1. The van der Waals surface area contributed by atoms with Crippen LogP contribution in [0.2, 0.25) is 0 Å². The Kier molecular flexibility index (Phi) is 3.51. The van der Waals surface area contributed by atoms with E-state index in [1.165, 1.54) is 0 Å². The Balaban J connectivity index is 2.74. The number of nitrogens with two attached hydrogens (primary N) is 1. The predicted molar refractivity (Wildman–Crippen MR) is 53.4 cm³/mol. The van der Waals surface area contributed by atoms with Crippen LogP contribution in [0.25, 0.3) is 0 Å². The second kappa shape index (κ2) is 4.44. The van der Waals surface area contributed by atoms with Gasteiger partial charge in [0.05, 0.1) is 12.3 Å². The lowest BCUT2D eigenvalue weighted by molar-refractivity contribution is 0.178. The van der Waals surface area contributed by atoms with Gasteiger partial charge in [0.15, 0.2) is 0 Å². The van der Waals surface area contributed by atoms with E-state index in [1.54, 1.807) is 6.26 Å². The topological polar surface area (TPSA) is 42.4 Å². The maximum Gasteiger partial charge on any atom is 0.122 e. The largest absolute Gasteiger partial charge is 0.468 e. The van der Waals surface area contributed by atoms with Gasteiger partial charge in [-0.25, -0.2) is 0 Å². The van der Waals surface area contributed by atoms with Gasteiger partial charge in [-0.1, -0.05) is 0 Å². The Morgan fingerprint density at radius 2 is 2.23 bits per heavy atom. The fraction of sp³-hybridized carbons (Fsp3) is 0.600. The zero-order valence-corrected chi connectivity index (χ0v) is 8.53. The first-order valence-electron chi connectivity index (χ1n) is 4.62. The van der Waals surface area contributed by atoms with Crippen LogP contribution in [0.4, 0.5) is 0 Å². The maximum absolute atomic E-state index is 5.70. The molecule has 0 saturated carbocycles. The van der Waals surface area contributed by atoms with Crippen LogP contribution < -0.4 is 5.73 Å². The Morgan fingerprint density at radius 3 is 2.62 bits per heavy atom. The van der Waals surface area contributed by atoms with Gasteiger partial charge in [-0.15, -0.1) is 0 Å². The molecule has 74 valence electrons. The highest BCUT2D eigenvalue weighted by molar-refractivity contribution is 5.05. The highest BCUT2D eigenvalue weighted by atomic mass is 16.3. The molecule has 0 amide bonds. The Labute approximate surface area is 79.5 Å². The number of furan rings is 1. The van der Waals surface area contributed by atoms with E-state index in [4.69, 9.17) is 10.2 Å². The molecule has 1 atom stereocenters. The van der Waals surface area contributed by atoms with Crippen molar-refractivity contribution in [1.29, 1.82) is 0 Å². The summed E-state index contributed by atoms with van der Waals surface area (Å²) in [4.78, 5) is 2.21. The molecule has 0 saturated heterocycles. The minimum absolute atomic E-state index is 0.190. The molecule has 0 aliphatic heterocycles. The smallest absolute Gasteiger partial charge is 0.122 e. The van der Waals surface area contributed by atoms with Gasteiger partial charge in [-0.05, 0) is 33.0 Å². The Hall–Kier alpha value is -0.800. The van der Waals surface area contributed by atoms with E-state index < -0.39 is 0 Å². The van der Waals surface area contributed by atoms with Crippen molar-refractivity contribution >= 4 is 0 Å². The van der Waals surface area contributed by atoms with Gasteiger partial charge in [0, 0.05) is 12.6 Å². The summed E-state index contributed by atoms with van der Waals surface area (Å²) in [5.74, 6) is 0.943. The minimum atomic E-state index is 0.190. The standard InChI is InChI=1S/C10H18N2O/c1-8(2)12(3)9(7-11)10-5-4-6-13-10/h4-6,8-9H,7,11H2,1-3H3. The van der Waals surface area contributed by atoms with Crippen LogP contribution >= 0.6 is 0 Å². The van der Waals surface area contributed by atoms with Crippen LogP contribution in [0.1, 0.15) is 25.6 Å². The molecule has 0 spiro atoms. The monoisotopic (exact) mass is 182 g/mol. The van der Waals surface area contributed by atoms with Crippen LogP contribution in [-0.4, -0.2) is 24.5 Å². The van der Waals surface area contributed by atoms with Crippen molar-refractivity contribution in [2.75, 3.05) is 13.6 Å². The highest BCUT2D eigenvalue weighted by Crippen LogP contribution is 2.20. The second-order valence-corrected chi connectivity index (χ2v) is 3.53. The Morgan fingerprint density at radius 1 is 1.54 bits per heavy atom. The van der Waals surface area contributed by atoms with Crippen molar-refractivity contribution < 1.29 is 4.42 Å². The summed E-state index contributed by atoms with van der Waals surface area (Å²) in [7, 11) is 2.06. The zero-order chi connectivity index (χ0) is 9.84. The normalized spacial score (nSPS) is 14.0. The molecule has 2 N–H and O–H groups in total. The molecule has 1 unspecified atom stereocenters. The molecule has 0 bridgehead atoms. The summed E-state index contributed by atoms with van der Waals surface area (Å²) in [6, 6.07) is 4.52. The highest BCUT2D eigenvalue weighted by Gasteiger charge is 2.19. The first-order valence-corrected chi connectivity index (χ1v) is 4.62. The third-order valence-electron chi connectivity index (χ3n) is 2.40. The lowest BCUT2D eigenvalue weighted by Crippen LogP contribution is -2.35. The number of nitrogens with zero attached hydrogens (tertiary/aromatic N) is 1. The van der Waals surface area contributed by atoms with E-state index in [1.807, 2.05) is 12.1 Å². The quantitative estimate of drug-likeness (QED) is 0.769. The van der Waals surface area contributed by atoms with E-state index in [0.717, 1.165) is 5.76 Å². The molecule has 0 radical (unpaired) electrons. The van der Waals surface area contributed by atoms with E-state index in [9.17, 15) is 0 Å². The molecule has 0 aromatic carbocycles. The fourth-order valence-corrected chi connectivity index (χ4v) is 1.32. The molecule has 1 heterocycles. The maximum atomic E-state index is 5.70. The van der Waals surface area contributed by atoms with Crippen molar-refractivity contribution in [2.45, 2.75) is 25.9 Å². The molecule has 1 aromatic rings. The van der Waals surface area contributed by atoms with Gasteiger partial charge in [0.1, 0.15) is 5.76 Å². The molecule has 0 aliphatic rings. The molecular weight excluding hydrogens is 164 g/mol. The van der Waals surface area contributed by atoms with Gasteiger partial charge in [0.2, 0.25) is 0 Å². The predicted octanol–water partition coefficient (Wildman–Crippen LogP) is 1.62. The molecule has 0 aliphatic carbocycles. The first kappa shape index (κ1) is 10.3. The van der Waals surface area contributed by atoms with Crippen molar-refractivity contribution in [1.82, 2.24) is 4.90 Å². The van der Waals surface area contributed by atoms with E-state index in [-0.39, 0.29) is 6.04 Å². The summed E-state index contributed by atoms with van der Waals surface area (Å²) in [6.45, 7) is 4.87. The number of hydrogen-bond donors (Lipinski definition) is 1. The summed E-state index contributed by atoms with van der Waals surface area (Å²) < 4.78 is 5.34. The van der Waals surface area contributed by atoms with Crippen LogP contribution in [-0.2, 0) is 0 Å². The lowest BCUT2D eigenvalue weighted by atomic mass is 10.1. The van der Waals surface area contributed by atoms with Gasteiger partial charge in [-0.2, -0.15) is 0 Å². The number of rotatable bonds is 4. The van der Waals surface area contributed by atoms with Crippen LogP contribution in [0.3, 0.4) is 0 Å². The van der Waals surface area contributed by atoms with Gasteiger partial charge in [-0.3, -0.25) is 4.90 Å². The summed E-state index contributed by atoms with van der Waals surface area (Å²) in [5.41, 5.74) is 5.70. The fourth-order valence-electron chi connectivity index (χ4n) is 1.32. The molecule has 3 nitrogen and oxygen atoms in total. The average Bonchev–Trinajstić information content (AvgIpc) is 2.58. The van der Waals surface area contributed by atoms with E-state index in [2.05, 4.69) is 25.8 Å².